The van der Waals surface area contributed by atoms with Crippen molar-refractivity contribution in [2.24, 2.45) is 11.7 Å². The van der Waals surface area contributed by atoms with E-state index in [1.807, 2.05) is 0 Å². The van der Waals surface area contributed by atoms with Crippen LogP contribution in [0.3, 0.4) is 0 Å². The number of amides is 4. The van der Waals surface area contributed by atoms with Gasteiger partial charge in [0, 0.05) is 29.8 Å². The number of H-pyrrole nitrogens is 1. The SMILES string of the molecule is COc1cccc2[nH]c(C(=O)N3C[C@@H](F)C[C@H]3C(=O)N[C@@H](C[C@@H]3CCNC3=O)C(N)=O)cc12. The van der Waals surface area contributed by atoms with Crippen LogP contribution in [0.15, 0.2) is 24.3 Å². The van der Waals surface area contributed by atoms with Crippen molar-refractivity contribution in [1.82, 2.24) is 20.5 Å². The highest BCUT2D eigenvalue weighted by atomic mass is 19.1. The van der Waals surface area contributed by atoms with E-state index in [1.54, 1.807) is 24.3 Å². The third-order valence-corrected chi connectivity index (χ3v) is 6.23. The maximum Gasteiger partial charge on any atom is 0.271 e. The molecule has 176 valence electrons. The molecular formula is C22H26FN5O5. The van der Waals surface area contributed by atoms with E-state index in [0.717, 1.165) is 4.90 Å². The molecule has 2 saturated heterocycles. The predicted molar refractivity (Wildman–Crippen MR) is 116 cm³/mol. The summed E-state index contributed by atoms with van der Waals surface area (Å²) in [4.78, 5) is 54.0. The number of aromatic amines is 1. The molecule has 2 aromatic rings. The Labute approximate surface area is 189 Å². The lowest BCUT2D eigenvalue weighted by molar-refractivity contribution is -0.131. The number of rotatable bonds is 7. The number of nitrogens with one attached hydrogen (secondary N) is 3. The van der Waals surface area contributed by atoms with Crippen LogP contribution < -0.4 is 21.1 Å². The van der Waals surface area contributed by atoms with Crippen LogP contribution in [0.1, 0.15) is 29.8 Å². The molecule has 4 amide bonds. The molecule has 33 heavy (non-hydrogen) atoms. The summed E-state index contributed by atoms with van der Waals surface area (Å²) in [5, 5.41) is 5.88. The van der Waals surface area contributed by atoms with Crippen molar-refractivity contribution in [2.75, 3.05) is 20.2 Å². The first-order valence-corrected chi connectivity index (χ1v) is 10.8. The number of hydrogen-bond donors (Lipinski definition) is 4. The van der Waals surface area contributed by atoms with E-state index in [9.17, 15) is 23.6 Å². The summed E-state index contributed by atoms with van der Waals surface area (Å²) in [6, 6.07) is 4.69. The lowest BCUT2D eigenvalue weighted by Gasteiger charge is -2.25. The fraction of sp³-hybridized carbons (Fsp3) is 0.455. The number of nitrogens with zero attached hydrogens (tertiary/aromatic N) is 1. The number of primary amides is 1. The van der Waals surface area contributed by atoms with E-state index in [2.05, 4.69) is 15.6 Å². The molecule has 0 bridgehead atoms. The van der Waals surface area contributed by atoms with Crippen molar-refractivity contribution in [3.63, 3.8) is 0 Å². The van der Waals surface area contributed by atoms with Crippen LogP contribution in [-0.2, 0) is 14.4 Å². The number of halogens is 1. The van der Waals surface area contributed by atoms with Gasteiger partial charge in [-0.05, 0) is 31.0 Å². The molecule has 11 heteroatoms. The van der Waals surface area contributed by atoms with Crippen molar-refractivity contribution in [2.45, 2.75) is 37.5 Å². The molecule has 2 aliphatic rings. The lowest BCUT2D eigenvalue weighted by Crippen LogP contribution is -2.53. The number of hydrogen-bond acceptors (Lipinski definition) is 5. The number of methoxy groups -OCH3 is 1. The zero-order valence-corrected chi connectivity index (χ0v) is 18.1. The quantitative estimate of drug-likeness (QED) is 0.468. The molecule has 0 saturated carbocycles. The van der Waals surface area contributed by atoms with Crippen molar-refractivity contribution in [3.05, 3.63) is 30.0 Å². The molecule has 0 unspecified atom stereocenters. The predicted octanol–water partition coefficient (Wildman–Crippen LogP) is 0.225. The van der Waals surface area contributed by atoms with Gasteiger partial charge in [0.05, 0.1) is 13.7 Å². The molecular weight excluding hydrogens is 433 g/mol. The Morgan fingerprint density at radius 3 is 2.82 bits per heavy atom. The molecule has 3 heterocycles. The normalized spacial score (nSPS) is 23.4. The first-order valence-electron chi connectivity index (χ1n) is 10.8. The van der Waals surface area contributed by atoms with Gasteiger partial charge in [0.1, 0.15) is 29.7 Å². The molecule has 0 radical (unpaired) electrons. The second-order valence-corrected chi connectivity index (χ2v) is 8.39. The maximum absolute atomic E-state index is 14.3. The van der Waals surface area contributed by atoms with E-state index in [1.165, 1.54) is 7.11 Å². The van der Waals surface area contributed by atoms with Crippen molar-refractivity contribution in [3.8, 4) is 5.75 Å². The summed E-state index contributed by atoms with van der Waals surface area (Å²) in [6.07, 6.45) is -1.01. The summed E-state index contributed by atoms with van der Waals surface area (Å²) < 4.78 is 19.6. The monoisotopic (exact) mass is 459 g/mol. The van der Waals surface area contributed by atoms with Gasteiger partial charge in [0.2, 0.25) is 17.7 Å². The Morgan fingerprint density at radius 2 is 2.15 bits per heavy atom. The van der Waals surface area contributed by atoms with Crippen LogP contribution >= 0.6 is 0 Å². The van der Waals surface area contributed by atoms with E-state index in [0.29, 0.717) is 29.6 Å². The van der Waals surface area contributed by atoms with Crippen LogP contribution in [0, 0.1) is 5.92 Å². The molecule has 2 fully saturated rings. The van der Waals surface area contributed by atoms with Gasteiger partial charge in [-0.25, -0.2) is 4.39 Å². The van der Waals surface area contributed by atoms with E-state index in [-0.39, 0.29) is 31.0 Å². The number of carbonyl (C=O) groups is 4. The second kappa shape index (κ2) is 9.08. The maximum atomic E-state index is 14.3. The number of likely N-dealkylation sites (tertiary alicyclic amines) is 1. The molecule has 0 aliphatic carbocycles. The Bertz CT molecular complexity index is 1100. The fourth-order valence-corrected chi connectivity index (χ4v) is 4.50. The third-order valence-electron chi connectivity index (χ3n) is 6.23. The zero-order chi connectivity index (χ0) is 23.7. The summed E-state index contributed by atoms with van der Waals surface area (Å²) in [5.41, 5.74) is 6.29. The van der Waals surface area contributed by atoms with E-state index in [4.69, 9.17) is 10.5 Å². The van der Waals surface area contributed by atoms with Gasteiger partial charge in [-0.2, -0.15) is 0 Å². The minimum atomic E-state index is -1.39. The van der Waals surface area contributed by atoms with Gasteiger partial charge in [-0.1, -0.05) is 6.07 Å². The van der Waals surface area contributed by atoms with E-state index >= 15 is 0 Å². The molecule has 4 rings (SSSR count). The summed E-state index contributed by atoms with van der Waals surface area (Å²) >= 11 is 0. The Morgan fingerprint density at radius 1 is 1.36 bits per heavy atom. The molecule has 2 aliphatic heterocycles. The highest BCUT2D eigenvalue weighted by molar-refractivity contribution is 6.02. The average Bonchev–Trinajstić information content (AvgIpc) is 3.50. The van der Waals surface area contributed by atoms with Crippen molar-refractivity contribution in [1.29, 1.82) is 0 Å². The van der Waals surface area contributed by atoms with Crippen LogP contribution in [0.2, 0.25) is 0 Å². The molecule has 10 nitrogen and oxygen atoms in total. The van der Waals surface area contributed by atoms with Crippen LogP contribution in [0.4, 0.5) is 4.39 Å². The zero-order valence-electron chi connectivity index (χ0n) is 18.1. The van der Waals surface area contributed by atoms with Gasteiger partial charge in [0.15, 0.2) is 0 Å². The number of aromatic nitrogens is 1. The average molecular weight is 459 g/mol. The standard InChI is InChI=1S/C22H26FN5O5/c1-33-18-4-2-3-14-13(18)9-16(26-14)22(32)28-10-12(23)8-17(28)21(31)27-15(19(24)29)7-11-5-6-25-20(11)30/h2-4,9,11-12,15,17,26H,5-8,10H2,1H3,(H2,24,29)(H,25,30)(H,27,31)/t11-,12-,15-,17-/m0/s1. The smallest absolute Gasteiger partial charge is 0.271 e. The highest BCUT2D eigenvalue weighted by Gasteiger charge is 2.42. The number of ether oxygens (including phenoxy) is 1. The number of nitrogens with two attached hydrogens (primary N) is 1. The van der Waals surface area contributed by atoms with Crippen molar-refractivity contribution < 1.29 is 28.3 Å². The Balaban J connectivity index is 1.51. The summed E-state index contributed by atoms with van der Waals surface area (Å²) in [7, 11) is 1.52. The fourth-order valence-electron chi connectivity index (χ4n) is 4.50. The van der Waals surface area contributed by atoms with Crippen LogP contribution in [-0.4, -0.2) is 72.0 Å². The number of carbonyl (C=O) groups excluding carboxylic acids is 4. The minimum absolute atomic E-state index is 0.0500. The molecule has 4 atom stereocenters. The first kappa shape index (κ1) is 22.6. The number of alkyl halides is 1. The van der Waals surface area contributed by atoms with Gasteiger partial charge in [-0.3, -0.25) is 19.2 Å². The second-order valence-electron chi connectivity index (χ2n) is 8.39. The Hall–Kier alpha value is -3.63. The number of benzene rings is 1. The van der Waals surface area contributed by atoms with Crippen LogP contribution in [0.5, 0.6) is 5.75 Å². The van der Waals surface area contributed by atoms with Gasteiger partial charge < -0.3 is 31.0 Å². The van der Waals surface area contributed by atoms with Crippen molar-refractivity contribution >= 4 is 34.5 Å². The number of fused-ring (bicyclic) bond motifs is 1. The Kier molecular flexibility index (Phi) is 6.21. The summed E-state index contributed by atoms with van der Waals surface area (Å²) in [5.74, 6) is -2.09. The topological polar surface area (TPSA) is 147 Å². The van der Waals surface area contributed by atoms with Gasteiger partial charge >= 0.3 is 0 Å². The van der Waals surface area contributed by atoms with Gasteiger partial charge in [0.25, 0.3) is 5.91 Å². The van der Waals surface area contributed by atoms with Crippen LogP contribution in [0.25, 0.3) is 10.9 Å². The molecule has 1 aromatic carbocycles. The molecule has 5 N–H and O–H groups in total. The lowest BCUT2D eigenvalue weighted by atomic mass is 9.97. The minimum Gasteiger partial charge on any atom is -0.496 e. The van der Waals surface area contributed by atoms with E-state index < -0.39 is 41.9 Å². The highest BCUT2D eigenvalue weighted by Crippen LogP contribution is 2.29. The first-order chi connectivity index (χ1) is 15.8. The summed E-state index contributed by atoms with van der Waals surface area (Å²) in [6.45, 7) is 0.238. The molecule has 0 spiro atoms. The molecule has 1 aromatic heterocycles. The van der Waals surface area contributed by atoms with Gasteiger partial charge in [-0.15, -0.1) is 0 Å². The largest absolute Gasteiger partial charge is 0.496 e. The third kappa shape index (κ3) is 4.48.